The number of para-hydroxylation sites is 1. The van der Waals surface area contributed by atoms with Crippen LogP contribution >= 0.6 is 0 Å². The fraction of sp³-hybridized carbons (Fsp3) is 0.214. The number of benzene rings is 2. The minimum atomic E-state index is -0.818. The van der Waals surface area contributed by atoms with Crippen LogP contribution in [0.5, 0.6) is 5.75 Å². The van der Waals surface area contributed by atoms with Gasteiger partial charge < -0.3 is 24.1 Å². The zero-order chi connectivity index (χ0) is 24.5. The maximum Gasteiger partial charge on any atom is 0.295 e. The molecule has 2 aromatic heterocycles. The van der Waals surface area contributed by atoms with Gasteiger partial charge in [-0.3, -0.25) is 9.59 Å². The summed E-state index contributed by atoms with van der Waals surface area (Å²) in [5, 5.41) is 12.3. The fourth-order valence-corrected chi connectivity index (χ4v) is 4.70. The highest BCUT2D eigenvalue weighted by atomic mass is 16.5. The Morgan fingerprint density at radius 3 is 2.71 bits per heavy atom. The van der Waals surface area contributed by atoms with Crippen molar-refractivity contribution in [2.45, 2.75) is 26.3 Å². The number of aryl methyl sites for hydroxylation is 1. The van der Waals surface area contributed by atoms with E-state index in [9.17, 15) is 14.7 Å². The largest absolute Gasteiger partial charge is 0.507 e. The Kier molecular flexibility index (Phi) is 5.91. The molecule has 1 atom stereocenters. The number of furan rings is 1. The van der Waals surface area contributed by atoms with E-state index in [0.717, 1.165) is 22.0 Å². The number of likely N-dealkylation sites (tertiary alicyclic amines) is 1. The molecular weight excluding hydrogens is 444 g/mol. The number of rotatable bonds is 7. The van der Waals surface area contributed by atoms with Crippen molar-refractivity contribution in [2.24, 2.45) is 0 Å². The topological polar surface area (TPSA) is 95.8 Å². The van der Waals surface area contributed by atoms with Gasteiger partial charge in [-0.2, -0.15) is 0 Å². The Labute approximate surface area is 202 Å². The second kappa shape index (κ2) is 9.18. The third-order valence-corrected chi connectivity index (χ3v) is 6.40. The normalized spacial score (nSPS) is 17.4. The second-order valence-electron chi connectivity index (χ2n) is 8.53. The zero-order valence-corrected chi connectivity index (χ0v) is 19.6. The quantitative estimate of drug-likeness (QED) is 0.222. The first-order valence-corrected chi connectivity index (χ1v) is 11.6. The summed E-state index contributed by atoms with van der Waals surface area (Å²) in [5.41, 5.74) is 3.34. The molecule has 4 aromatic rings. The maximum atomic E-state index is 13.2. The number of Topliss-reactive ketones (excluding diaryl/α,β-unsaturated/α-hetero) is 1. The van der Waals surface area contributed by atoms with Gasteiger partial charge in [0.1, 0.15) is 23.3 Å². The van der Waals surface area contributed by atoms with Crippen molar-refractivity contribution < 1.29 is 23.8 Å². The number of nitrogens with one attached hydrogen (secondary N) is 1. The number of carbonyl (C=O) groups is 2. The number of aliphatic hydroxyl groups is 1. The molecule has 3 heterocycles. The summed E-state index contributed by atoms with van der Waals surface area (Å²) in [6.45, 7) is 4.57. The molecule has 35 heavy (non-hydrogen) atoms. The van der Waals surface area contributed by atoms with Crippen LogP contribution in [0.3, 0.4) is 0 Å². The van der Waals surface area contributed by atoms with E-state index in [0.29, 0.717) is 30.1 Å². The Bertz CT molecular complexity index is 1430. The molecule has 1 fully saturated rings. The molecule has 1 saturated heterocycles. The van der Waals surface area contributed by atoms with Gasteiger partial charge in [-0.15, -0.1) is 0 Å². The molecule has 0 radical (unpaired) electrons. The standard InChI is InChI=1S/C28H26N2O5/c1-3-34-22-11-10-18(15-17(22)2)26(31)24-25(23-9-6-14-35-23)30(28(33)27(24)32)13-12-19-16-29-21-8-5-4-7-20(19)21/h4-11,14-16,25,29,31H,3,12-13H2,1-2H3/b26-24-. The van der Waals surface area contributed by atoms with E-state index in [1.54, 1.807) is 30.3 Å². The highest BCUT2D eigenvalue weighted by molar-refractivity contribution is 6.46. The van der Waals surface area contributed by atoms with Crippen LogP contribution in [0.25, 0.3) is 16.7 Å². The molecule has 1 unspecified atom stereocenters. The van der Waals surface area contributed by atoms with E-state index in [4.69, 9.17) is 9.15 Å². The number of H-pyrrole nitrogens is 1. The van der Waals surface area contributed by atoms with Gasteiger partial charge in [0.15, 0.2) is 0 Å². The van der Waals surface area contributed by atoms with E-state index in [1.165, 1.54) is 11.2 Å². The van der Waals surface area contributed by atoms with E-state index >= 15 is 0 Å². The minimum Gasteiger partial charge on any atom is -0.507 e. The van der Waals surface area contributed by atoms with Crippen molar-refractivity contribution in [2.75, 3.05) is 13.2 Å². The van der Waals surface area contributed by atoms with Crippen LogP contribution in [0.2, 0.25) is 0 Å². The molecule has 2 N–H and O–H groups in total. The van der Waals surface area contributed by atoms with E-state index in [-0.39, 0.29) is 17.9 Å². The van der Waals surface area contributed by atoms with Gasteiger partial charge >= 0.3 is 0 Å². The highest BCUT2D eigenvalue weighted by Gasteiger charge is 2.47. The van der Waals surface area contributed by atoms with Gasteiger partial charge in [0.2, 0.25) is 0 Å². The predicted molar refractivity (Wildman–Crippen MR) is 132 cm³/mol. The number of aromatic nitrogens is 1. The molecule has 0 saturated carbocycles. The number of hydrogen-bond acceptors (Lipinski definition) is 5. The van der Waals surface area contributed by atoms with Crippen LogP contribution in [0.15, 0.2) is 77.0 Å². The Balaban J connectivity index is 1.52. The van der Waals surface area contributed by atoms with Crippen molar-refractivity contribution in [3.05, 3.63) is 95.1 Å². The average Bonchev–Trinajstić information content (AvgIpc) is 3.59. The first-order chi connectivity index (χ1) is 17.0. The first kappa shape index (κ1) is 22.5. The van der Waals surface area contributed by atoms with E-state index in [1.807, 2.05) is 44.3 Å². The third kappa shape index (κ3) is 3.99. The number of ether oxygens (including phenoxy) is 1. The number of aliphatic hydroxyl groups excluding tert-OH is 1. The van der Waals surface area contributed by atoms with Gasteiger partial charge in [-0.05, 0) is 67.8 Å². The molecule has 0 aliphatic carbocycles. The minimum absolute atomic E-state index is 0.0208. The van der Waals surface area contributed by atoms with Crippen LogP contribution < -0.4 is 4.74 Å². The molecule has 7 heteroatoms. The lowest BCUT2D eigenvalue weighted by molar-refractivity contribution is -0.140. The molecule has 5 rings (SSSR count). The van der Waals surface area contributed by atoms with Crippen LogP contribution in [0.1, 0.15) is 35.4 Å². The van der Waals surface area contributed by atoms with Gasteiger partial charge in [-0.1, -0.05) is 18.2 Å². The van der Waals surface area contributed by atoms with Gasteiger partial charge in [0.25, 0.3) is 11.7 Å². The van der Waals surface area contributed by atoms with Crippen LogP contribution in [-0.2, 0) is 16.0 Å². The highest BCUT2D eigenvalue weighted by Crippen LogP contribution is 2.40. The third-order valence-electron chi connectivity index (χ3n) is 6.40. The first-order valence-electron chi connectivity index (χ1n) is 11.6. The summed E-state index contributed by atoms with van der Waals surface area (Å²) < 4.78 is 11.2. The lowest BCUT2D eigenvalue weighted by atomic mass is 9.98. The number of amides is 1. The zero-order valence-electron chi connectivity index (χ0n) is 19.6. The summed E-state index contributed by atoms with van der Waals surface area (Å²) in [5.74, 6) is -0.492. The molecule has 1 amide bonds. The van der Waals surface area contributed by atoms with Crippen LogP contribution in [0, 0.1) is 6.92 Å². The van der Waals surface area contributed by atoms with Crippen molar-refractivity contribution >= 4 is 28.4 Å². The Hall–Kier alpha value is -4.26. The average molecular weight is 471 g/mol. The van der Waals surface area contributed by atoms with E-state index < -0.39 is 17.7 Å². The second-order valence-corrected chi connectivity index (χ2v) is 8.53. The monoisotopic (exact) mass is 470 g/mol. The van der Waals surface area contributed by atoms with Crippen molar-refractivity contribution in [1.82, 2.24) is 9.88 Å². The lowest BCUT2D eigenvalue weighted by Crippen LogP contribution is -2.31. The summed E-state index contributed by atoms with van der Waals surface area (Å²) in [4.78, 5) is 31.1. The number of aromatic amines is 1. The molecule has 1 aliphatic heterocycles. The lowest BCUT2D eigenvalue weighted by Gasteiger charge is -2.23. The van der Waals surface area contributed by atoms with Crippen molar-refractivity contribution in [3.8, 4) is 5.75 Å². The SMILES string of the molecule is CCOc1ccc(/C(O)=C2/C(=O)C(=O)N(CCc3c[nH]c4ccccc34)C2c2ccco2)cc1C. The number of hydrogen-bond donors (Lipinski definition) is 2. The predicted octanol–water partition coefficient (Wildman–Crippen LogP) is 5.13. The van der Waals surface area contributed by atoms with E-state index in [2.05, 4.69) is 4.98 Å². The number of ketones is 1. The fourth-order valence-electron chi connectivity index (χ4n) is 4.70. The maximum absolute atomic E-state index is 13.2. The Morgan fingerprint density at radius 2 is 1.97 bits per heavy atom. The molecule has 0 bridgehead atoms. The van der Waals surface area contributed by atoms with Crippen LogP contribution in [-0.4, -0.2) is 39.8 Å². The summed E-state index contributed by atoms with van der Waals surface area (Å²) in [7, 11) is 0. The molecule has 178 valence electrons. The number of nitrogens with zero attached hydrogens (tertiary/aromatic N) is 1. The smallest absolute Gasteiger partial charge is 0.295 e. The molecular formula is C28H26N2O5. The molecule has 1 aliphatic rings. The van der Waals surface area contributed by atoms with Crippen LogP contribution in [0.4, 0.5) is 0 Å². The molecule has 2 aromatic carbocycles. The van der Waals surface area contributed by atoms with Crippen molar-refractivity contribution in [1.29, 1.82) is 0 Å². The Morgan fingerprint density at radius 1 is 1.14 bits per heavy atom. The van der Waals surface area contributed by atoms with Gasteiger partial charge in [0, 0.05) is 29.2 Å². The van der Waals surface area contributed by atoms with Gasteiger partial charge in [-0.25, -0.2) is 0 Å². The summed E-state index contributed by atoms with van der Waals surface area (Å²) >= 11 is 0. The van der Waals surface area contributed by atoms with Gasteiger partial charge in [0.05, 0.1) is 18.4 Å². The molecule has 0 spiro atoms. The number of carbonyl (C=O) groups excluding carboxylic acids is 2. The summed E-state index contributed by atoms with van der Waals surface area (Å²) in [6, 6.07) is 15.7. The van der Waals surface area contributed by atoms with Crippen molar-refractivity contribution in [3.63, 3.8) is 0 Å². The molecule has 7 nitrogen and oxygen atoms in total. The summed E-state index contributed by atoms with van der Waals surface area (Å²) in [6.07, 6.45) is 3.96. The number of fused-ring (bicyclic) bond motifs is 1.